The van der Waals surface area contributed by atoms with Gasteiger partial charge in [0, 0.05) is 11.1 Å². The lowest BCUT2D eigenvalue weighted by atomic mass is 9.51. The van der Waals surface area contributed by atoms with Gasteiger partial charge in [-0.1, -0.05) is 141 Å². The molecule has 2 saturated carbocycles. The summed E-state index contributed by atoms with van der Waals surface area (Å²) in [5.41, 5.74) is 16.5. The first-order valence-corrected chi connectivity index (χ1v) is 19.5. The van der Waals surface area contributed by atoms with Crippen LogP contribution in [0.1, 0.15) is 73.3 Å². The minimum atomic E-state index is 0.109. The highest BCUT2D eigenvalue weighted by Crippen LogP contribution is 2.57. The molecule has 9 rings (SSSR count). The van der Waals surface area contributed by atoms with Crippen LogP contribution in [0.3, 0.4) is 0 Å². The van der Waals surface area contributed by atoms with Crippen molar-refractivity contribution in [1.29, 1.82) is 10.7 Å². The van der Waals surface area contributed by atoms with Gasteiger partial charge in [0.05, 0.1) is 11.6 Å². The van der Waals surface area contributed by atoms with Crippen molar-refractivity contribution >= 4 is 33.2 Å². The number of benzene rings is 7. The highest BCUT2D eigenvalue weighted by atomic mass is 14.9. The van der Waals surface area contributed by atoms with Crippen LogP contribution >= 0.6 is 0 Å². The summed E-state index contributed by atoms with van der Waals surface area (Å²) in [6, 6.07) is 55.8. The third-order valence-corrected chi connectivity index (χ3v) is 12.5. The van der Waals surface area contributed by atoms with E-state index in [2.05, 4.69) is 115 Å². The Morgan fingerprint density at radius 3 is 1.91 bits per heavy atom. The lowest BCUT2D eigenvalue weighted by molar-refractivity contribution is 0.0874. The first kappa shape index (κ1) is 34.5. The van der Waals surface area contributed by atoms with Crippen molar-refractivity contribution in [3.8, 4) is 28.3 Å². The average Bonchev–Trinajstić information content (AvgIpc) is 3.23. The van der Waals surface area contributed by atoms with Crippen molar-refractivity contribution in [2.45, 2.75) is 56.3 Å². The fourth-order valence-electron chi connectivity index (χ4n) is 9.87. The number of nitriles is 1. The number of nitrogens with two attached hydrogens (primary N) is 1. The minimum absolute atomic E-state index is 0.109. The molecule has 268 valence electrons. The SMILES string of the molecule is CC1(c2ccc(-c3ccc4cc(C(=N)/N=C(\N)c5ccccc5)ccc4c3)cc2)CC2CCCC(c3ccc(-c4ccc5cc(C#N)ccc5c4)cc3)(C2)C1. The van der Waals surface area contributed by atoms with E-state index in [1.54, 1.807) is 0 Å². The van der Waals surface area contributed by atoms with Crippen molar-refractivity contribution in [3.05, 3.63) is 179 Å². The highest BCUT2D eigenvalue weighted by Gasteiger charge is 2.49. The molecule has 7 aromatic carbocycles. The fourth-order valence-corrected chi connectivity index (χ4v) is 9.87. The summed E-state index contributed by atoms with van der Waals surface area (Å²) in [4.78, 5) is 4.38. The minimum Gasteiger partial charge on any atom is -0.383 e. The number of nitrogens with one attached hydrogen (secondary N) is 1. The summed E-state index contributed by atoms with van der Waals surface area (Å²) < 4.78 is 0. The Morgan fingerprint density at radius 2 is 1.24 bits per heavy atom. The zero-order valence-electron chi connectivity index (χ0n) is 31.2. The molecule has 3 atom stereocenters. The summed E-state index contributed by atoms with van der Waals surface area (Å²) in [7, 11) is 0. The molecule has 55 heavy (non-hydrogen) atoms. The lowest BCUT2D eigenvalue weighted by Crippen LogP contribution is -2.46. The predicted octanol–water partition coefficient (Wildman–Crippen LogP) is 12.1. The first-order valence-electron chi connectivity index (χ1n) is 19.5. The Morgan fingerprint density at radius 1 is 0.655 bits per heavy atom. The van der Waals surface area contributed by atoms with Crippen molar-refractivity contribution in [2.75, 3.05) is 0 Å². The molecule has 2 aliphatic rings. The Hall–Kier alpha value is -6.31. The summed E-state index contributed by atoms with van der Waals surface area (Å²) in [6.45, 7) is 2.51. The second kappa shape index (κ2) is 13.8. The quantitative estimate of drug-likeness (QED) is 0.133. The van der Waals surface area contributed by atoms with Crippen LogP contribution < -0.4 is 5.73 Å². The standard InChI is InChI=1S/C51H44N4/c1-50(30-35-6-5-25-51(31-35,33-50)47-23-19-37(20-24-47)40-12-11-39-26-34(32-52)9-10-42(39)27-40)46-21-17-36(18-22-46)41-13-14-44-29-45(16-15-43(44)28-41)49(54)55-48(53)38-7-3-2-4-8-38/h2-4,7-24,26-29,35H,5-6,25,30-31,33H2,1H3,(H3,53,54,55). The molecule has 7 aromatic rings. The van der Waals surface area contributed by atoms with E-state index >= 15 is 0 Å². The second-order valence-electron chi connectivity index (χ2n) is 16.2. The Balaban J connectivity index is 0.936. The average molecular weight is 713 g/mol. The number of hydrogen-bond donors (Lipinski definition) is 2. The molecule has 0 spiro atoms. The van der Waals surface area contributed by atoms with Crippen molar-refractivity contribution < 1.29 is 0 Å². The van der Waals surface area contributed by atoms with Gasteiger partial charge in [-0.25, -0.2) is 4.99 Å². The van der Waals surface area contributed by atoms with Gasteiger partial charge in [0.2, 0.25) is 0 Å². The molecule has 0 aliphatic heterocycles. The van der Waals surface area contributed by atoms with Gasteiger partial charge >= 0.3 is 0 Å². The largest absolute Gasteiger partial charge is 0.383 e. The van der Waals surface area contributed by atoms with Crippen LogP contribution in [0.25, 0.3) is 43.8 Å². The molecular formula is C51H44N4. The summed E-state index contributed by atoms with van der Waals surface area (Å²) in [5.74, 6) is 1.23. The zero-order chi connectivity index (χ0) is 37.6. The number of rotatable bonds is 6. The molecule has 3 N–H and O–H groups in total. The smallest absolute Gasteiger partial charge is 0.154 e. The van der Waals surface area contributed by atoms with E-state index in [9.17, 15) is 5.26 Å². The summed E-state index contributed by atoms with van der Waals surface area (Å²) >= 11 is 0. The van der Waals surface area contributed by atoms with Gasteiger partial charge in [0.1, 0.15) is 5.84 Å². The van der Waals surface area contributed by atoms with Gasteiger partial charge < -0.3 is 5.73 Å². The van der Waals surface area contributed by atoms with Crippen LogP contribution in [0, 0.1) is 22.7 Å². The van der Waals surface area contributed by atoms with Crippen LogP contribution in [0.4, 0.5) is 0 Å². The summed E-state index contributed by atoms with van der Waals surface area (Å²) in [5, 5.41) is 22.3. The summed E-state index contributed by atoms with van der Waals surface area (Å²) in [6.07, 6.45) is 7.56. The van der Waals surface area contributed by atoms with Gasteiger partial charge in [-0.15, -0.1) is 0 Å². The van der Waals surface area contributed by atoms with Gasteiger partial charge in [-0.05, 0) is 128 Å². The number of aliphatic imine (C=N–C) groups is 1. The van der Waals surface area contributed by atoms with Crippen molar-refractivity contribution in [1.82, 2.24) is 0 Å². The first-order chi connectivity index (χ1) is 26.8. The molecule has 2 fully saturated rings. The number of hydrogen-bond acceptors (Lipinski definition) is 2. The van der Waals surface area contributed by atoms with Crippen molar-refractivity contribution in [3.63, 3.8) is 0 Å². The Kier molecular flexibility index (Phi) is 8.67. The molecule has 2 bridgehead atoms. The Bertz CT molecular complexity index is 2650. The van der Waals surface area contributed by atoms with Crippen LogP contribution in [0.2, 0.25) is 0 Å². The molecule has 0 radical (unpaired) electrons. The van der Waals surface area contributed by atoms with Crippen LogP contribution in [-0.2, 0) is 10.8 Å². The van der Waals surface area contributed by atoms with Gasteiger partial charge in [-0.2, -0.15) is 5.26 Å². The molecule has 0 heterocycles. The molecule has 0 aromatic heterocycles. The highest BCUT2D eigenvalue weighted by molar-refractivity contribution is 6.10. The van der Waals surface area contributed by atoms with Gasteiger partial charge in [-0.3, -0.25) is 5.41 Å². The maximum Gasteiger partial charge on any atom is 0.154 e. The molecular weight excluding hydrogens is 669 g/mol. The maximum atomic E-state index is 9.30. The van der Waals surface area contributed by atoms with Gasteiger partial charge in [0.15, 0.2) is 5.84 Å². The zero-order valence-corrected chi connectivity index (χ0v) is 31.2. The Labute approximate surface area is 323 Å². The van der Waals surface area contributed by atoms with Crippen molar-refractivity contribution in [2.24, 2.45) is 16.6 Å². The van der Waals surface area contributed by atoms with E-state index in [0.29, 0.717) is 11.4 Å². The monoisotopic (exact) mass is 712 g/mol. The molecule has 0 saturated heterocycles. The second-order valence-corrected chi connectivity index (χ2v) is 16.2. The van der Waals surface area contributed by atoms with E-state index in [1.165, 1.54) is 71.9 Å². The molecule has 0 amide bonds. The van der Waals surface area contributed by atoms with Gasteiger partial charge in [0.25, 0.3) is 0 Å². The van der Waals surface area contributed by atoms with Crippen LogP contribution in [-0.4, -0.2) is 11.7 Å². The molecule has 4 heteroatoms. The fraction of sp³-hybridized carbons (Fsp3) is 0.196. The molecule has 2 aliphatic carbocycles. The lowest BCUT2D eigenvalue weighted by Gasteiger charge is -2.53. The predicted molar refractivity (Wildman–Crippen MR) is 228 cm³/mol. The third-order valence-electron chi connectivity index (χ3n) is 12.5. The number of nitrogens with zero attached hydrogens (tertiary/aromatic N) is 2. The molecule has 3 unspecified atom stereocenters. The normalized spacial score (nSPS) is 20.9. The van der Waals surface area contributed by atoms with E-state index in [-0.39, 0.29) is 16.7 Å². The van der Waals surface area contributed by atoms with E-state index in [0.717, 1.165) is 38.6 Å². The van der Waals surface area contributed by atoms with E-state index in [4.69, 9.17) is 11.1 Å². The number of amidine groups is 2. The number of fused-ring (bicyclic) bond motifs is 4. The topological polar surface area (TPSA) is 86.0 Å². The van der Waals surface area contributed by atoms with Crippen LogP contribution in [0.5, 0.6) is 0 Å². The van der Waals surface area contributed by atoms with E-state index < -0.39 is 0 Å². The van der Waals surface area contributed by atoms with Crippen LogP contribution in [0.15, 0.2) is 157 Å². The maximum absolute atomic E-state index is 9.30. The molecule has 4 nitrogen and oxygen atoms in total. The van der Waals surface area contributed by atoms with E-state index in [1.807, 2.05) is 54.6 Å². The third kappa shape index (κ3) is 6.61.